The minimum atomic E-state index is 0.195. The third-order valence-corrected chi connectivity index (χ3v) is 3.13. The fraction of sp³-hybridized carbons (Fsp3) is 0.600. The van der Waals surface area contributed by atoms with E-state index < -0.39 is 0 Å². The van der Waals surface area contributed by atoms with E-state index in [4.69, 9.17) is 4.74 Å². The van der Waals surface area contributed by atoms with E-state index in [9.17, 15) is 0 Å². The van der Waals surface area contributed by atoms with Crippen LogP contribution >= 0.6 is 0 Å². The third-order valence-electron chi connectivity index (χ3n) is 3.13. The number of hydrogen-bond acceptors (Lipinski definition) is 2. The highest BCUT2D eigenvalue weighted by molar-refractivity contribution is 5.36. The first-order valence-electron chi connectivity index (χ1n) is 6.55. The summed E-state index contributed by atoms with van der Waals surface area (Å²) in [5.41, 5.74) is 2.45. The molecule has 0 saturated heterocycles. The summed E-state index contributed by atoms with van der Waals surface area (Å²) in [6.45, 7) is 11.6. The van der Waals surface area contributed by atoms with Gasteiger partial charge in [0.25, 0.3) is 0 Å². The minimum absolute atomic E-state index is 0.195. The summed E-state index contributed by atoms with van der Waals surface area (Å²) in [4.78, 5) is 0. The molecule has 0 aliphatic rings. The summed E-state index contributed by atoms with van der Waals surface area (Å²) in [7, 11) is 0. The van der Waals surface area contributed by atoms with Gasteiger partial charge in [0.1, 0.15) is 11.9 Å². The first-order valence-corrected chi connectivity index (χ1v) is 6.55. The van der Waals surface area contributed by atoms with Gasteiger partial charge in [0.2, 0.25) is 0 Å². The summed E-state index contributed by atoms with van der Waals surface area (Å²) < 4.78 is 6.07. The highest BCUT2D eigenvalue weighted by atomic mass is 16.5. The van der Waals surface area contributed by atoms with Crippen molar-refractivity contribution >= 4 is 0 Å². The highest BCUT2D eigenvalue weighted by Gasteiger charge is 2.16. The molecule has 0 amide bonds. The molecule has 0 radical (unpaired) electrons. The predicted molar refractivity (Wildman–Crippen MR) is 73.8 cm³/mol. The topological polar surface area (TPSA) is 21.3 Å². The first kappa shape index (κ1) is 14.0. The van der Waals surface area contributed by atoms with Crippen LogP contribution in [0.25, 0.3) is 0 Å². The van der Waals surface area contributed by atoms with Gasteiger partial charge in [-0.15, -0.1) is 0 Å². The molecular formula is C15H25NO. The van der Waals surface area contributed by atoms with Gasteiger partial charge in [-0.25, -0.2) is 0 Å². The van der Waals surface area contributed by atoms with Gasteiger partial charge in [0, 0.05) is 6.04 Å². The molecule has 2 atom stereocenters. The number of nitrogens with one attached hydrogen (secondary N) is 1. The van der Waals surface area contributed by atoms with Crippen LogP contribution in [0.5, 0.6) is 5.75 Å². The lowest BCUT2D eigenvalue weighted by atomic mass is 10.1. The number of aryl methyl sites for hydroxylation is 2. The molecule has 17 heavy (non-hydrogen) atoms. The van der Waals surface area contributed by atoms with E-state index in [0.717, 1.165) is 18.7 Å². The van der Waals surface area contributed by atoms with Gasteiger partial charge < -0.3 is 10.1 Å². The van der Waals surface area contributed by atoms with Crippen molar-refractivity contribution in [3.63, 3.8) is 0 Å². The van der Waals surface area contributed by atoms with E-state index in [1.54, 1.807) is 0 Å². The smallest absolute Gasteiger partial charge is 0.122 e. The Hall–Kier alpha value is -1.02. The van der Waals surface area contributed by atoms with E-state index in [2.05, 4.69) is 58.1 Å². The molecule has 2 heteroatoms. The highest BCUT2D eigenvalue weighted by Crippen LogP contribution is 2.21. The Labute approximate surface area is 105 Å². The van der Waals surface area contributed by atoms with Crippen LogP contribution in [-0.4, -0.2) is 18.7 Å². The average Bonchev–Trinajstić information content (AvgIpc) is 2.30. The molecule has 0 fully saturated rings. The van der Waals surface area contributed by atoms with Crippen LogP contribution in [0, 0.1) is 13.8 Å². The number of ether oxygens (including phenoxy) is 1. The molecular weight excluding hydrogens is 210 g/mol. The zero-order chi connectivity index (χ0) is 12.8. The van der Waals surface area contributed by atoms with Crippen molar-refractivity contribution in [2.24, 2.45) is 0 Å². The number of rotatable bonds is 6. The quantitative estimate of drug-likeness (QED) is 0.815. The zero-order valence-corrected chi connectivity index (χ0v) is 11.7. The van der Waals surface area contributed by atoms with E-state index in [1.807, 2.05) is 0 Å². The Balaban J connectivity index is 2.72. The second kappa shape index (κ2) is 6.65. The Bertz CT molecular complexity index is 349. The standard InChI is InChI=1S/C15H25NO/c1-6-14(16-7-2)13(5)17-15-10-11(3)8-9-12(15)4/h8-10,13-14,16H,6-7H2,1-5H3. The molecule has 0 saturated carbocycles. The maximum Gasteiger partial charge on any atom is 0.122 e. The van der Waals surface area contributed by atoms with Crippen LogP contribution in [0.4, 0.5) is 0 Å². The van der Waals surface area contributed by atoms with E-state index >= 15 is 0 Å². The maximum absolute atomic E-state index is 6.07. The largest absolute Gasteiger partial charge is 0.489 e. The molecule has 0 spiro atoms. The van der Waals surface area contributed by atoms with Gasteiger partial charge in [0.15, 0.2) is 0 Å². The van der Waals surface area contributed by atoms with Gasteiger partial charge in [-0.3, -0.25) is 0 Å². The van der Waals surface area contributed by atoms with Crippen LogP contribution in [0.2, 0.25) is 0 Å². The molecule has 2 nitrogen and oxygen atoms in total. The molecule has 1 aromatic carbocycles. The zero-order valence-electron chi connectivity index (χ0n) is 11.7. The predicted octanol–water partition coefficient (Wildman–Crippen LogP) is 3.46. The molecule has 1 aromatic rings. The molecule has 1 N–H and O–H groups in total. The second-order valence-corrected chi connectivity index (χ2v) is 4.66. The van der Waals surface area contributed by atoms with Crippen molar-refractivity contribution < 1.29 is 4.74 Å². The van der Waals surface area contributed by atoms with Crippen LogP contribution in [0.15, 0.2) is 18.2 Å². The van der Waals surface area contributed by atoms with Crippen molar-refractivity contribution in [3.8, 4) is 5.75 Å². The van der Waals surface area contributed by atoms with Crippen molar-refractivity contribution in [1.82, 2.24) is 5.32 Å². The fourth-order valence-corrected chi connectivity index (χ4v) is 2.02. The average molecular weight is 235 g/mol. The lowest BCUT2D eigenvalue weighted by molar-refractivity contribution is 0.167. The molecule has 0 aliphatic heterocycles. The van der Waals surface area contributed by atoms with E-state index in [1.165, 1.54) is 11.1 Å². The van der Waals surface area contributed by atoms with Crippen molar-refractivity contribution in [2.45, 2.75) is 53.2 Å². The van der Waals surface area contributed by atoms with Crippen LogP contribution in [0.3, 0.4) is 0 Å². The Morgan fingerprint density at radius 2 is 1.94 bits per heavy atom. The number of hydrogen-bond donors (Lipinski definition) is 1. The number of likely N-dealkylation sites (N-methyl/N-ethyl adjacent to an activating group) is 1. The second-order valence-electron chi connectivity index (χ2n) is 4.66. The SMILES string of the molecule is CCNC(CC)C(C)Oc1cc(C)ccc1C. The van der Waals surface area contributed by atoms with Crippen LogP contribution < -0.4 is 10.1 Å². The van der Waals surface area contributed by atoms with Gasteiger partial charge in [-0.05, 0) is 50.9 Å². The van der Waals surface area contributed by atoms with E-state index in [-0.39, 0.29) is 6.10 Å². The summed E-state index contributed by atoms with van der Waals surface area (Å²) in [6.07, 6.45) is 1.28. The monoisotopic (exact) mass is 235 g/mol. The molecule has 0 aliphatic carbocycles. The molecule has 0 aromatic heterocycles. The molecule has 0 bridgehead atoms. The molecule has 96 valence electrons. The summed E-state index contributed by atoms with van der Waals surface area (Å²) in [5.74, 6) is 1.01. The first-order chi connectivity index (χ1) is 8.08. The van der Waals surface area contributed by atoms with Crippen LogP contribution in [-0.2, 0) is 0 Å². The van der Waals surface area contributed by atoms with E-state index in [0.29, 0.717) is 6.04 Å². The Morgan fingerprint density at radius 1 is 1.24 bits per heavy atom. The van der Waals surface area contributed by atoms with Gasteiger partial charge in [-0.1, -0.05) is 26.0 Å². The third kappa shape index (κ3) is 4.04. The maximum atomic E-state index is 6.07. The normalized spacial score (nSPS) is 14.4. The lowest BCUT2D eigenvalue weighted by Gasteiger charge is -2.25. The summed E-state index contributed by atoms with van der Waals surface area (Å²) in [6, 6.07) is 6.77. The van der Waals surface area contributed by atoms with Crippen molar-refractivity contribution in [3.05, 3.63) is 29.3 Å². The summed E-state index contributed by atoms with van der Waals surface area (Å²) >= 11 is 0. The molecule has 2 unspecified atom stereocenters. The molecule has 1 rings (SSSR count). The van der Waals surface area contributed by atoms with Gasteiger partial charge in [-0.2, -0.15) is 0 Å². The lowest BCUT2D eigenvalue weighted by Crippen LogP contribution is -2.40. The Morgan fingerprint density at radius 3 is 2.53 bits per heavy atom. The number of benzene rings is 1. The molecule has 0 heterocycles. The van der Waals surface area contributed by atoms with Gasteiger partial charge >= 0.3 is 0 Å². The minimum Gasteiger partial charge on any atom is -0.489 e. The fourth-order valence-electron chi connectivity index (χ4n) is 2.02. The van der Waals surface area contributed by atoms with Crippen molar-refractivity contribution in [1.29, 1.82) is 0 Å². The van der Waals surface area contributed by atoms with Crippen LogP contribution in [0.1, 0.15) is 38.3 Å². The Kier molecular flexibility index (Phi) is 5.49. The van der Waals surface area contributed by atoms with Crippen molar-refractivity contribution in [2.75, 3.05) is 6.54 Å². The summed E-state index contributed by atoms with van der Waals surface area (Å²) in [5, 5.41) is 3.46. The van der Waals surface area contributed by atoms with Gasteiger partial charge in [0.05, 0.1) is 0 Å².